The lowest BCUT2D eigenvalue weighted by molar-refractivity contribution is -0.119. The van der Waals surface area contributed by atoms with E-state index in [1.807, 2.05) is 26.8 Å². The fourth-order valence-corrected chi connectivity index (χ4v) is 4.31. The van der Waals surface area contributed by atoms with Gasteiger partial charge >= 0.3 is 0 Å². The Balaban J connectivity index is 1.67. The average Bonchev–Trinajstić information content (AvgIpc) is 3.33. The maximum atomic E-state index is 14.4. The Morgan fingerprint density at radius 1 is 1.14 bits per heavy atom. The van der Waals surface area contributed by atoms with Crippen LogP contribution in [-0.2, 0) is 16.8 Å². The summed E-state index contributed by atoms with van der Waals surface area (Å²) < 4.78 is 16.0. The van der Waals surface area contributed by atoms with Crippen molar-refractivity contribution in [3.63, 3.8) is 0 Å². The number of amides is 2. The van der Waals surface area contributed by atoms with E-state index in [1.165, 1.54) is 6.07 Å². The number of hydrogen-bond donors (Lipinski definition) is 2. The average molecular weight is 502 g/mol. The molecule has 1 aromatic carbocycles. The molecule has 3 aromatic heterocycles. The largest absolute Gasteiger partial charge is 0.348 e. The predicted molar refractivity (Wildman–Crippen MR) is 137 cm³/mol. The summed E-state index contributed by atoms with van der Waals surface area (Å²) in [6.07, 6.45) is 1.63. The van der Waals surface area contributed by atoms with Crippen molar-refractivity contribution in [1.29, 1.82) is 0 Å². The lowest BCUT2D eigenvalue weighted by Crippen LogP contribution is -2.38. The fourth-order valence-electron chi connectivity index (χ4n) is 4.31. The number of fused-ring (bicyclic) bond motifs is 2. The number of pyridine rings is 1. The van der Waals surface area contributed by atoms with E-state index in [-0.39, 0.29) is 53.5 Å². The van der Waals surface area contributed by atoms with E-state index >= 15 is 0 Å². The van der Waals surface area contributed by atoms with Gasteiger partial charge in [-0.05, 0) is 44.9 Å². The van der Waals surface area contributed by atoms with Gasteiger partial charge in [0.05, 0.1) is 17.3 Å². The summed E-state index contributed by atoms with van der Waals surface area (Å²) in [4.78, 5) is 39.9. The number of carbonyl (C=O) groups excluding carboxylic acids is 2. The molecule has 190 valence electrons. The number of aromatic nitrogens is 5. The van der Waals surface area contributed by atoms with Crippen molar-refractivity contribution in [3.8, 4) is 11.5 Å². The number of halogens is 1. The third kappa shape index (κ3) is 4.22. The van der Waals surface area contributed by atoms with Gasteiger partial charge < -0.3 is 10.6 Å². The zero-order chi connectivity index (χ0) is 26.5. The highest BCUT2D eigenvalue weighted by atomic mass is 19.1. The molecule has 0 spiro atoms. The van der Waals surface area contributed by atoms with Crippen LogP contribution in [0.1, 0.15) is 56.2 Å². The zero-order valence-electron chi connectivity index (χ0n) is 21.3. The first-order valence-corrected chi connectivity index (χ1v) is 12.2. The monoisotopic (exact) mass is 501 g/mol. The maximum Gasteiger partial charge on any atom is 0.270 e. The maximum absolute atomic E-state index is 14.4. The van der Waals surface area contributed by atoms with Gasteiger partial charge in [-0.25, -0.2) is 24.0 Å². The van der Waals surface area contributed by atoms with Crippen LogP contribution in [-0.4, -0.2) is 42.6 Å². The molecule has 0 radical (unpaired) electrons. The molecule has 2 N–H and O–H groups in total. The van der Waals surface area contributed by atoms with E-state index < -0.39 is 5.41 Å². The molecule has 0 aliphatic carbocycles. The zero-order valence-corrected chi connectivity index (χ0v) is 21.3. The summed E-state index contributed by atoms with van der Waals surface area (Å²) in [5.41, 5.74) is 0.936. The number of benzene rings is 1. The van der Waals surface area contributed by atoms with Crippen LogP contribution in [0.5, 0.6) is 0 Å². The summed E-state index contributed by atoms with van der Waals surface area (Å²) in [7, 11) is 0. The molecule has 0 fully saturated rings. The van der Waals surface area contributed by atoms with Gasteiger partial charge in [0.1, 0.15) is 23.0 Å². The lowest BCUT2D eigenvalue weighted by atomic mass is 9.85. The molecule has 1 unspecified atom stereocenters. The Morgan fingerprint density at radius 2 is 1.89 bits per heavy atom. The van der Waals surface area contributed by atoms with Gasteiger partial charge in [0.25, 0.3) is 5.91 Å². The molecule has 0 saturated heterocycles. The Labute approximate surface area is 213 Å². The van der Waals surface area contributed by atoms with Crippen molar-refractivity contribution in [2.45, 2.75) is 52.6 Å². The molecule has 1 aliphatic rings. The summed E-state index contributed by atoms with van der Waals surface area (Å²) in [5, 5.41) is 11.1. The SMILES string of the molecule is CC(C)C(C)NC(=O)c1nc(-c2nn(Cc3ccccc3F)c3ncccc23)nc2c1C(C)(C)C(=O)N2. The first-order valence-electron chi connectivity index (χ1n) is 12.2. The van der Waals surface area contributed by atoms with E-state index in [0.717, 1.165) is 0 Å². The van der Waals surface area contributed by atoms with Gasteiger partial charge in [-0.2, -0.15) is 5.10 Å². The molecule has 37 heavy (non-hydrogen) atoms. The second-order valence-corrected chi connectivity index (χ2v) is 10.2. The van der Waals surface area contributed by atoms with E-state index in [0.29, 0.717) is 27.9 Å². The Kier molecular flexibility index (Phi) is 5.97. The molecule has 9 nitrogen and oxygen atoms in total. The number of nitrogens with zero attached hydrogens (tertiary/aromatic N) is 5. The third-order valence-electron chi connectivity index (χ3n) is 6.90. The van der Waals surface area contributed by atoms with Crippen LogP contribution < -0.4 is 10.6 Å². The number of nitrogens with one attached hydrogen (secondary N) is 2. The smallest absolute Gasteiger partial charge is 0.270 e. The van der Waals surface area contributed by atoms with Crippen molar-refractivity contribution in [3.05, 3.63) is 65.2 Å². The predicted octanol–water partition coefficient (Wildman–Crippen LogP) is 4.08. The van der Waals surface area contributed by atoms with Gasteiger partial charge in [0.2, 0.25) is 5.91 Å². The number of rotatable bonds is 6. The van der Waals surface area contributed by atoms with Crippen LogP contribution in [0.4, 0.5) is 10.2 Å². The molecule has 0 bridgehead atoms. The molecule has 4 aromatic rings. The van der Waals surface area contributed by atoms with E-state index in [2.05, 4.69) is 30.7 Å². The van der Waals surface area contributed by atoms with Gasteiger partial charge in [-0.1, -0.05) is 32.0 Å². The minimum absolute atomic E-state index is 0.111. The van der Waals surface area contributed by atoms with Crippen LogP contribution in [0.3, 0.4) is 0 Å². The highest BCUT2D eigenvalue weighted by Gasteiger charge is 2.44. The Hall–Kier alpha value is -4.21. The van der Waals surface area contributed by atoms with E-state index in [4.69, 9.17) is 0 Å². The minimum Gasteiger partial charge on any atom is -0.348 e. The molecule has 2 amide bonds. The van der Waals surface area contributed by atoms with Gasteiger partial charge in [-0.15, -0.1) is 0 Å². The van der Waals surface area contributed by atoms with E-state index in [1.54, 1.807) is 49.0 Å². The molecule has 10 heteroatoms. The minimum atomic E-state index is -0.991. The highest BCUT2D eigenvalue weighted by Crippen LogP contribution is 2.39. The lowest BCUT2D eigenvalue weighted by Gasteiger charge is -2.21. The Morgan fingerprint density at radius 3 is 2.62 bits per heavy atom. The van der Waals surface area contributed by atoms with Crippen molar-refractivity contribution in [2.24, 2.45) is 5.92 Å². The quantitative estimate of drug-likeness (QED) is 0.412. The van der Waals surface area contributed by atoms with Crippen LogP contribution in [0.15, 0.2) is 42.6 Å². The number of anilines is 1. The molecule has 4 heterocycles. The van der Waals surface area contributed by atoms with Crippen LogP contribution in [0, 0.1) is 11.7 Å². The number of hydrogen-bond acceptors (Lipinski definition) is 6. The topological polar surface area (TPSA) is 115 Å². The van der Waals surface area contributed by atoms with Crippen molar-refractivity contribution in [1.82, 2.24) is 30.0 Å². The second-order valence-electron chi connectivity index (χ2n) is 10.2. The first-order chi connectivity index (χ1) is 17.6. The van der Waals surface area contributed by atoms with Crippen molar-refractivity contribution >= 4 is 28.7 Å². The molecular weight excluding hydrogens is 473 g/mol. The molecular formula is C27H28FN7O2. The first kappa shape index (κ1) is 24.5. The van der Waals surface area contributed by atoms with Gasteiger partial charge in [0.15, 0.2) is 11.5 Å². The summed E-state index contributed by atoms with van der Waals surface area (Å²) >= 11 is 0. The van der Waals surface area contributed by atoms with E-state index in [9.17, 15) is 14.0 Å². The molecule has 1 aliphatic heterocycles. The van der Waals surface area contributed by atoms with Gasteiger partial charge in [-0.3, -0.25) is 9.59 Å². The third-order valence-corrected chi connectivity index (χ3v) is 6.90. The molecule has 0 saturated carbocycles. The number of carbonyl (C=O) groups is 2. The molecule has 1 atom stereocenters. The van der Waals surface area contributed by atoms with Crippen molar-refractivity contribution < 1.29 is 14.0 Å². The van der Waals surface area contributed by atoms with Crippen LogP contribution >= 0.6 is 0 Å². The van der Waals surface area contributed by atoms with Crippen LogP contribution in [0.2, 0.25) is 0 Å². The standard InChI is InChI=1S/C27H28FN7O2/c1-14(2)15(3)30-25(36)21-19-22(33-26(37)27(19,4)5)32-23(31-21)20-17-10-8-12-29-24(17)35(34-20)13-16-9-6-7-11-18(16)28/h6-12,14-15H,13H2,1-5H3,(H,30,36)(H,31,32,33,37). The summed E-state index contributed by atoms with van der Waals surface area (Å²) in [6.45, 7) is 9.57. The highest BCUT2D eigenvalue weighted by molar-refractivity contribution is 6.09. The normalized spacial score (nSPS) is 15.1. The van der Waals surface area contributed by atoms with Gasteiger partial charge in [0, 0.05) is 23.4 Å². The Bertz CT molecular complexity index is 1540. The van der Waals surface area contributed by atoms with Crippen molar-refractivity contribution in [2.75, 3.05) is 5.32 Å². The van der Waals surface area contributed by atoms with Crippen LogP contribution in [0.25, 0.3) is 22.6 Å². The summed E-state index contributed by atoms with van der Waals surface area (Å²) in [6, 6.07) is 9.94. The molecule has 5 rings (SSSR count). The fraction of sp³-hybridized carbons (Fsp3) is 0.333. The summed E-state index contributed by atoms with van der Waals surface area (Å²) in [5.74, 6) is -0.349. The second kappa shape index (κ2) is 9.02.